The number of ether oxygens (including phenoxy) is 1. The highest BCUT2D eigenvalue weighted by molar-refractivity contribution is 6.31. The maximum atomic E-state index is 12.2. The summed E-state index contributed by atoms with van der Waals surface area (Å²) in [5.74, 6) is -0.821. The van der Waals surface area contributed by atoms with Crippen LogP contribution in [0.2, 0.25) is 10.0 Å². The van der Waals surface area contributed by atoms with Gasteiger partial charge in [0.15, 0.2) is 5.76 Å². The van der Waals surface area contributed by atoms with Crippen molar-refractivity contribution in [1.82, 2.24) is 10.9 Å². The Morgan fingerprint density at radius 1 is 0.960 bits per heavy atom. The molecule has 0 saturated carbocycles. The first kappa shape index (κ1) is 17.1. The molecule has 0 bridgehead atoms. The zero-order valence-corrected chi connectivity index (χ0v) is 14.4. The largest absolute Gasteiger partial charge is 0.496 e. The Hall–Kier alpha value is -2.70. The third-order valence-electron chi connectivity index (χ3n) is 3.40. The van der Waals surface area contributed by atoms with Crippen LogP contribution in [0.4, 0.5) is 0 Å². The lowest BCUT2D eigenvalue weighted by Crippen LogP contribution is -2.41. The van der Waals surface area contributed by atoms with E-state index in [1.165, 1.54) is 19.2 Å². The molecule has 6 nitrogen and oxygen atoms in total. The molecule has 0 fully saturated rings. The van der Waals surface area contributed by atoms with Crippen LogP contribution in [0, 0.1) is 0 Å². The molecule has 0 aliphatic carbocycles. The average Bonchev–Trinajstić information content (AvgIpc) is 3.02. The number of hydrazine groups is 1. The lowest BCUT2D eigenvalue weighted by molar-refractivity contribution is 0.0830. The fourth-order valence-electron chi connectivity index (χ4n) is 2.23. The molecule has 0 aliphatic heterocycles. The highest BCUT2D eigenvalue weighted by atomic mass is 35.5. The fourth-order valence-corrected chi connectivity index (χ4v) is 2.58. The van der Waals surface area contributed by atoms with Crippen LogP contribution in [-0.2, 0) is 0 Å². The number of fused-ring (bicyclic) bond motifs is 1. The SMILES string of the molecule is COc1ccc(Cl)cc1C(=O)NNC(=O)c1cc2cc(Cl)ccc2o1. The summed E-state index contributed by atoms with van der Waals surface area (Å²) in [4.78, 5) is 24.4. The maximum absolute atomic E-state index is 12.2. The third kappa shape index (κ3) is 3.70. The lowest BCUT2D eigenvalue weighted by Gasteiger charge is -2.10. The van der Waals surface area contributed by atoms with E-state index >= 15 is 0 Å². The lowest BCUT2D eigenvalue weighted by atomic mass is 10.2. The third-order valence-corrected chi connectivity index (χ3v) is 3.87. The van der Waals surface area contributed by atoms with E-state index in [1.54, 1.807) is 30.3 Å². The number of rotatable bonds is 3. The summed E-state index contributed by atoms with van der Waals surface area (Å²) in [5.41, 5.74) is 5.27. The Morgan fingerprint density at radius 2 is 1.64 bits per heavy atom. The number of carbonyl (C=O) groups is 2. The molecule has 0 aliphatic rings. The van der Waals surface area contributed by atoms with E-state index < -0.39 is 11.8 Å². The number of benzene rings is 2. The Balaban J connectivity index is 1.73. The molecule has 25 heavy (non-hydrogen) atoms. The molecule has 0 saturated heterocycles. The summed E-state index contributed by atoms with van der Waals surface area (Å²) in [6.45, 7) is 0. The van der Waals surface area contributed by atoms with Crippen LogP contribution in [0.1, 0.15) is 20.9 Å². The second kappa shape index (κ2) is 7.04. The second-order valence-electron chi connectivity index (χ2n) is 5.05. The molecule has 3 aromatic rings. The van der Waals surface area contributed by atoms with E-state index in [9.17, 15) is 9.59 Å². The number of hydrogen-bond donors (Lipinski definition) is 2. The molecule has 0 unspecified atom stereocenters. The molecule has 0 radical (unpaired) electrons. The maximum Gasteiger partial charge on any atom is 0.305 e. The van der Waals surface area contributed by atoms with E-state index in [1.807, 2.05) is 0 Å². The van der Waals surface area contributed by atoms with Gasteiger partial charge < -0.3 is 9.15 Å². The van der Waals surface area contributed by atoms with Gasteiger partial charge in [-0.25, -0.2) is 0 Å². The molecule has 1 aromatic heterocycles. The number of furan rings is 1. The monoisotopic (exact) mass is 378 g/mol. The van der Waals surface area contributed by atoms with Crippen LogP contribution < -0.4 is 15.6 Å². The first-order valence-corrected chi connectivity index (χ1v) is 7.87. The molecule has 2 amide bonds. The van der Waals surface area contributed by atoms with Crippen molar-refractivity contribution in [3.63, 3.8) is 0 Å². The predicted octanol–water partition coefficient (Wildman–Crippen LogP) is 3.82. The Morgan fingerprint density at radius 3 is 2.40 bits per heavy atom. The predicted molar refractivity (Wildman–Crippen MR) is 94.2 cm³/mol. The Labute approximate surface area is 152 Å². The summed E-state index contributed by atoms with van der Waals surface area (Å²) in [6.07, 6.45) is 0. The topological polar surface area (TPSA) is 80.6 Å². The van der Waals surface area contributed by atoms with Crippen molar-refractivity contribution in [3.8, 4) is 5.75 Å². The van der Waals surface area contributed by atoms with Gasteiger partial charge in [-0.2, -0.15) is 0 Å². The van der Waals surface area contributed by atoms with E-state index in [0.717, 1.165) is 0 Å². The normalized spacial score (nSPS) is 10.5. The molecular weight excluding hydrogens is 367 g/mol. The Bertz CT molecular complexity index is 968. The molecule has 1 heterocycles. The number of amides is 2. The summed E-state index contributed by atoms with van der Waals surface area (Å²) in [5, 5.41) is 1.58. The minimum Gasteiger partial charge on any atom is -0.496 e. The molecule has 8 heteroatoms. The van der Waals surface area contributed by atoms with Crippen LogP contribution in [0.5, 0.6) is 5.75 Å². The van der Waals surface area contributed by atoms with Crippen molar-refractivity contribution < 1.29 is 18.7 Å². The molecule has 2 N–H and O–H groups in total. The van der Waals surface area contributed by atoms with Crippen molar-refractivity contribution in [2.45, 2.75) is 0 Å². The molecular formula is C17H12Cl2N2O4. The smallest absolute Gasteiger partial charge is 0.305 e. The van der Waals surface area contributed by atoms with E-state index in [2.05, 4.69) is 10.9 Å². The minimum absolute atomic E-state index is 0.0376. The quantitative estimate of drug-likeness (QED) is 0.678. The standard InChI is InChI=1S/C17H12Cl2N2O4/c1-24-14-5-3-11(19)8-12(14)16(22)20-21-17(23)15-7-9-6-10(18)2-4-13(9)25-15/h2-8H,1H3,(H,20,22)(H,21,23). The zero-order valence-electron chi connectivity index (χ0n) is 12.9. The van der Waals surface area contributed by atoms with Crippen molar-refractivity contribution in [1.29, 1.82) is 0 Å². The number of methoxy groups -OCH3 is 1. The van der Waals surface area contributed by atoms with Gasteiger partial charge in [0.1, 0.15) is 11.3 Å². The van der Waals surface area contributed by atoms with Crippen molar-refractivity contribution >= 4 is 46.0 Å². The van der Waals surface area contributed by atoms with Crippen molar-refractivity contribution in [3.05, 3.63) is 63.8 Å². The van der Waals surface area contributed by atoms with Crippen LogP contribution in [0.25, 0.3) is 11.0 Å². The zero-order chi connectivity index (χ0) is 18.0. The van der Waals surface area contributed by atoms with Gasteiger partial charge in [0.2, 0.25) is 0 Å². The van der Waals surface area contributed by atoms with Gasteiger partial charge in [0.05, 0.1) is 12.7 Å². The van der Waals surface area contributed by atoms with Crippen molar-refractivity contribution in [2.75, 3.05) is 7.11 Å². The number of halogens is 2. The fraction of sp³-hybridized carbons (Fsp3) is 0.0588. The minimum atomic E-state index is -0.610. The van der Waals surface area contributed by atoms with E-state index in [0.29, 0.717) is 26.8 Å². The molecule has 128 valence electrons. The van der Waals surface area contributed by atoms with Gasteiger partial charge in [0.25, 0.3) is 5.91 Å². The van der Waals surface area contributed by atoms with Crippen LogP contribution >= 0.6 is 23.2 Å². The average molecular weight is 379 g/mol. The highest BCUT2D eigenvalue weighted by Gasteiger charge is 2.16. The van der Waals surface area contributed by atoms with E-state index in [4.69, 9.17) is 32.4 Å². The van der Waals surface area contributed by atoms with Crippen LogP contribution in [-0.4, -0.2) is 18.9 Å². The second-order valence-corrected chi connectivity index (χ2v) is 5.92. The van der Waals surface area contributed by atoms with Crippen LogP contribution in [0.15, 0.2) is 46.9 Å². The van der Waals surface area contributed by atoms with E-state index in [-0.39, 0.29) is 11.3 Å². The summed E-state index contributed by atoms with van der Waals surface area (Å²) < 4.78 is 10.5. The molecule has 0 atom stereocenters. The number of hydrogen-bond acceptors (Lipinski definition) is 4. The van der Waals surface area contributed by atoms with Gasteiger partial charge in [-0.15, -0.1) is 0 Å². The summed E-state index contributed by atoms with van der Waals surface area (Å²) in [7, 11) is 1.43. The number of carbonyl (C=O) groups excluding carboxylic acids is 2. The van der Waals surface area contributed by atoms with Gasteiger partial charge in [-0.1, -0.05) is 23.2 Å². The van der Waals surface area contributed by atoms with Gasteiger partial charge in [0, 0.05) is 15.4 Å². The summed E-state index contributed by atoms with van der Waals surface area (Å²) >= 11 is 11.8. The van der Waals surface area contributed by atoms with Gasteiger partial charge in [-0.3, -0.25) is 20.4 Å². The Kier molecular flexibility index (Phi) is 4.83. The van der Waals surface area contributed by atoms with Gasteiger partial charge in [-0.05, 0) is 42.5 Å². The van der Waals surface area contributed by atoms with Crippen molar-refractivity contribution in [2.24, 2.45) is 0 Å². The first-order valence-electron chi connectivity index (χ1n) is 7.11. The van der Waals surface area contributed by atoms with Crippen LogP contribution in [0.3, 0.4) is 0 Å². The summed E-state index contributed by atoms with van der Waals surface area (Å²) in [6, 6.07) is 11.1. The number of nitrogens with one attached hydrogen (secondary N) is 2. The van der Waals surface area contributed by atoms with Gasteiger partial charge >= 0.3 is 5.91 Å². The first-order chi connectivity index (χ1) is 12.0. The molecule has 3 rings (SSSR count). The highest BCUT2D eigenvalue weighted by Crippen LogP contribution is 2.24. The molecule has 0 spiro atoms. The molecule has 2 aromatic carbocycles.